The summed E-state index contributed by atoms with van der Waals surface area (Å²) in [5.41, 5.74) is 2.92. The number of hydrogen-bond acceptors (Lipinski definition) is 4. The molecule has 0 bridgehead atoms. The Kier molecular flexibility index (Phi) is 8.43. The van der Waals surface area contributed by atoms with Crippen molar-refractivity contribution in [3.8, 4) is 0 Å². The smallest absolute Gasteiger partial charge is 0.336 e. The highest BCUT2D eigenvalue weighted by Gasteiger charge is 2.37. The Labute approximate surface area is 173 Å². The van der Waals surface area contributed by atoms with Crippen LogP contribution in [0.3, 0.4) is 0 Å². The molecule has 158 valence electrons. The fourth-order valence-electron chi connectivity index (χ4n) is 3.65. The zero-order chi connectivity index (χ0) is 21.4. The van der Waals surface area contributed by atoms with E-state index in [9.17, 15) is 14.4 Å². The number of ether oxygens (including phenoxy) is 1. The lowest BCUT2D eigenvalue weighted by Crippen LogP contribution is -2.44. The van der Waals surface area contributed by atoms with Gasteiger partial charge in [-0.2, -0.15) is 0 Å². The highest BCUT2D eigenvalue weighted by atomic mass is 16.5. The molecule has 1 aliphatic rings. The first-order valence-corrected chi connectivity index (χ1v) is 10.4. The van der Waals surface area contributed by atoms with Crippen LogP contribution in [-0.2, 0) is 19.1 Å². The van der Waals surface area contributed by atoms with Gasteiger partial charge in [-0.3, -0.25) is 9.59 Å². The Hall–Kier alpha value is -2.63. The van der Waals surface area contributed by atoms with Gasteiger partial charge in [0.2, 0.25) is 11.8 Å². The number of carbonyl (C=O) groups excluding carboxylic acids is 3. The van der Waals surface area contributed by atoms with Gasteiger partial charge in [-0.15, -0.1) is 0 Å². The molecule has 1 aromatic rings. The average Bonchev–Trinajstić information content (AvgIpc) is 2.68. The molecule has 2 amide bonds. The molecule has 0 aromatic heterocycles. The first kappa shape index (κ1) is 22.7. The van der Waals surface area contributed by atoms with Crippen LogP contribution in [0.1, 0.15) is 63.5 Å². The second-order valence-corrected chi connectivity index (χ2v) is 7.43. The minimum atomic E-state index is -0.433. The fraction of sp³-hybridized carbons (Fsp3) is 0.522. The van der Waals surface area contributed by atoms with E-state index < -0.39 is 5.97 Å². The number of allylic oxidation sites excluding steroid dienone is 1. The van der Waals surface area contributed by atoms with Crippen molar-refractivity contribution in [1.29, 1.82) is 0 Å². The maximum Gasteiger partial charge on any atom is 0.336 e. The Morgan fingerprint density at radius 2 is 1.97 bits per heavy atom. The van der Waals surface area contributed by atoms with Gasteiger partial charge >= 0.3 is 5.97 Å². The number of amides is 2. The number of nitrogens with zero attached hydrogens (tertiary/aromatic N) is 1. The number of unbranched alkanes of at least 4 members (excludes halogenated alkanes) is 2. The molecular weight excluding hydrogens is 368 g/mol. The quantitative estimate of drug-likeness (QED) is 0.509. The van der Waals surface area contributed by atoms with Crippen molar-refractivity contribution in [1.82, 2.24) is 10.2 Å². The Morgan fingerprint density at radius 3 is 2.62 bits per heavy atom. The number of benzene rings is 1. The summed E-state index contributed by atoms with van der Waals surface area (Å²) in [6.07, 6.45) is 3.17. The third-order valence-corrected chi connectivity index (χ3v) is 5.17. The SMILES string of the molecule is CCCCCNC(=O)CN1C(=O)C[C@H](c2cccc(C)c2)C(C(=O)OCC)=C1C. The van der Waals surface area contributed by atoms with Gasteiger partial charge in [0.1, 0.15) is 6.54 Å². The van der Waals surface area contributed by atoms with E-state index in [1.54, 1.807) is 13.8 Å². The lowest BCUT2D eigenvalue weighted by molar-refractivity contribution is -0.141. The van der Waals surface area contributed by atoms with Crippen LogP contribution < -0.4 is 5.32 Å². The van der Waals surface area contributed by atoms with Gasteiger partial charge in [-0.05, 0) is 32.8 Å². The normalized spacial score (nSPS) is 16.8. The lowest BCUT2D eigenvalue weighted by atomic mass is 9.83. The summed E-state index contributed by atoms with van der Waals surface area (Å²) in [6, 6.07) is 7.81. The van der Waals surface area contributed by atoms with Gasteiger partial charge in [-0.1, -0.05) is 49.6 Å². The molecule has 0 saturated heterocycles. The van der Waals surface area contributed by atoms with E-state index in [1.165, 1.54) is 4.90 Å². The van der Waals surface area contributed by atoms with Gasteiger partial charge in [0.25, 0.3) is 0 Å². The molecule has 2 rings (SSSR count). The van der Waals surface area contributed by atoms with E-state index in [1.807, 2.05) is 31.2 Å². The van der Waals surface area contributed by atoms with Crippen molar-refractivity contribution in [3.63, 3.8) is 0 Å². The number of aryl methyl sites for hydroxylation is 1. The molecule has 29 heavy (non-hydrogen) atoms. The van der Waals surface area contributed by atoms with Gasteiger partial charge in [0.15, 0.2) is 0 Å². The van der Waals surface area contributed by atoms with Crippen LogP contribution in [0.2, 0.25) is 0 Å². The molecule has 0 aliphatic carbocycles. The minimum absolute atomic E-state index is 0.0831. The maximum atomic E-state index is 12.9. The average molecular weight is 401 g/mol. The van der Waals surface area contributed by atoms with Crippen LogP contribution in [-0.4, -0.2) is 42.4 Å². The number of rotatable bonds is 9. The van der Waals surface area contributed by atoms with E-state index in [4.69, 9.17) is 4.74 Å². The molecular formula is C23H32N2O4. The monoisotopic (exact) mass is 400 g/mol. The lowest BCUT2D eigenvalue weighted by Gasteiger charge is -2.34. The van der Waals surface area contributed by atoms with Crippen LogP contribution in [0.25, 0.3) is 0 Å². The summed E-state index contributed by atoms with van der Waals surface area (Å²) in [5.74, 6) is -1.18. The molecule has 6 nitrogen and oxygen atoms in total. The van der Waals surface area contributed by atoms with Crippen LogP contribution >= 0.6 is 0 Å². The largest absolute Gasteiger partial charge is 0.463 e. The molecule has 1 N–H and O–H groups in total. The van der Waals surface area contributed by atoms with E-state index in [0.717, 1.165) is 30.4 Å². The third-order valence-electron chi connectivity index (χ3n) is 5.17. The predicted molar refractivity (Wildman–Crippen MR) is 112 cm³/mol. The third kappa shape index (κ3) is 5.92. The second kappa shape index (κ2) is 10.8. The summed E-state index contributed by atoms with van der Waals surface area (Å²) in [6.45, 7) is 8.31. The molecule has 1 aromatic carbocycles. The molecule has 0 fully saturated rings. The zero-order valence-corrected chi connectivity index (χ0v) is 17.9. The molecule has 6 heteroatoms. The van der Waals surface area contributed by atoms with E-state index in [0.29, 0.717) is 17.8 Å². The van der Waals surface area contributed by atoms with Crippen molar-refractivity contribution in [2.75, 3.05) is 19.7 Å². The van der Waals surface area contributed by atoms with E-state index >= 15 is 0 Å². The van der Waals surface area contributed by atoms with Crippen molar-refractivity contribution >= 4 is 17.8 Å². The number of nitrogens with one attached hydrogen (secondary N) is 1. The molecule has 1 atom stereocenters. The number of esters is 1. The molecule has 0 spiro atoms. The molecule has 1 heterocycles. The summed E-state index contributed by atoms with van der Waals surface area (Å²) < 4.78 is 5.28. The highest BCUT2D eigenvalue weighted by molar-refractivity contribution is 5.97. The van der Waals surface area contributed by atoms with Crippen molar-refractivity contribution in [3.05, 3.63) is 46.7 Å². The topological polar surface area (TPSA) is 75.7 Å². The second-order valence-electron chi connectivity index (χ2n) is 7.43. The Bertz CT molecular complexity index is 785. The Balaban J connectivity index is 2.29. The van der Waals surface area contributed by atoms with Crippen LogP contribution in [0.5, 0.6) is 0 Å². The zero-order valence-electron chi connectivity index (χ0n) is 17.9. The molecule has 0 unspecified atom stereocenters. The van der Waals surface area contributed by atoms with E-state index in [2.05, 4.69) is 12.2 Å². The van der Waals surface area contributed by atoms with E-state index in [-0.39, 0.29) is 37.3 Å². The summed E-state index contributed by atoms with van der Waals surface area (Å²) in [4.78, 5) is 39.3. The predicted octanol–water partition coefficient (Wildman–Crippen LogP) is 3.45. The number of hydrogen-bond donors (Lipinski definition) is 1. The van der Waals surface area contributed by atoms with Crippen LogP contribution in [0.15, 0.2) is 35.5 Å². The van der Waals surface area contributed by atoms with Gasteiger partial charge in [0.05, 0.1) is 12.2 Å². The summed E-state index contributed by atoms with van der Waals surface area (Å²) >= 11 is 0. The highest BCUT2D eigenvalue weighted by Crippen LogP contribution is 2.37. The minimum Gasteiger partial charge on any atom is -0.463 e. The van der Waals surface area contributed by atoms with Crippen molar-refractivity contribution < 1.29 is 19.1 Å². The maximum absolute atomic E-state index is 12.9. The summed E-state index contributed by atoms with van der Waals surface area (Å²) in [7, 11) is 0. The van der Waals surface area contributed by atoms with Gasteiger partial charge in [-0.25, -0.2) is 4.79 Å². The van der Waals surface area contributed by atoms with Crippen LogP contribution in [0, 0.1) is 6.92 Å². The molecule has 0 saturated carbocycles. The molecule has 1 aliphatic heterocycles. The number of carbonyl (C=O) groups is 3. The molecule has 0 radical (unpaired) electrons. The van der Waals surface area contributed by atoms with Gasteiger partial charge in [0, 0.05) is 24.6 Å². The van der Waals surface area contributed by atoms with Gasteiger partial charge < -0.3 is 15.0 Å². The first-order chi connectivity index (χ1) is 13.9. The first-order valence-electron chi connectivity index (χ1n) is 10.4. The van der Waals surface area contributed by atoms with Crippen LogP contribution in [0.4, 0.5) is 0 Å². The van der Waals surface area contributed by atoms with Crippen molar-refractivity contribution in [2.45, 2.75) is 59.3 Å². The van der Waals surface area contributed by atoms with Crippen molar-refractivity contribution in [2.24, 2.45) is 0 Å². The standard InChI is InChI=1S/C23H32N2O4/c1-5-7-8-12-24-20(26)15-25-17(4)22(23(28)29-6-2)19(14-21(25)27)18-11-9-10-16(3)13-18/h9-11,13,19H,5-8,12,14-15H2,1-4H3,(H,24,26)/t19-/m1/s1. The fourth-order valence-corrected chi connectivity index (χ4v) is 3.65. The Morgan fingerprint density at radius 1 is 1.21 bits per heavy atom. The summed E-state index contributed by atoms with van der Waals surface area (Å²) in [5, 5.41) is 2.85.